The molecule has 1 aliphatic carbocycles. The molecular formula is C20H17N3O. The molecule has 0 spiro atoms. The van der Waals surface area contributed by atoms with Gasteiger partial charge in [-0.3, -0.25) is 4.79 Å². The number of nitrogens with one attached hydrogen (secondary N) is 2. The minimum atomic E-state index is -0.0696. The van der Waals surface area contributed by atoms with Gasteiger partial charge >= 0.3 is 0 Å². The summed E-state index contributed by atoms with van der Waals surface area (Å²) >= 11 is 0. The molecule has 0 bridgehead atoms. The molecule has 24 heavy (non-hydrogen) atoms. The highest BCUT2D eigenvalue weighted by Crippen LogP contribution is 2.37. The molecule has 0 fully saturated rings. The second kappa shape index (κ2) is 5.06. The Kier molecular flexibility index (Phi) is 2.86. The van der Waals surface area contributed by atoms with Gasteiger partial charge in [-0.15, -0.1) is 0 Å². The number of pyridine rings is 2. The van der Waals surface area contributed by atoms with Crippen LogP contribution in [0.25, 0.3) is 33.1 Å². The second-order valence-electron chi connectivity index (χ2n) is 6.44. The Hall–Kier alpha value is -2.88. The molecule has 4 nitrogen and oxygen atoms in total. The average Bonchev–Trinajstić information content (AvgIpc) is 3.10. The van der Waals surface area contributed by atoms with Gasteiger partial charge in [-0.1, -0.05) is 0 Å². The molecule has 0 unspecified atom stereocenters. The maximum absolute atomic E-state index is 12.3. The molecule has 0 amide bonds. The molecule has 2 N–H and O–H groups in total. The van der Waals surface area contributed by atoms with E-state index in [-0.39, 0.29) is 5.56 Å². The number of aryl methyl sites for hydroxylation is 1. The molecule has 0 saturated heterocycles. The van der Waals surface area contributed by atoms with Crippen LogP contribution >= 0.6 is 0 Å². The van der Waals surface area contributed by atoms with Gasteiger partial charge in [-0.25, -0.2) is 4.98 Å². The summed E-state index contributed by atoms with van der Waals surface area (Å²) in [5.74, 6) is 0. The summed E-state index contributed by atoms with van der Waals surface area (Å²) in [5.41, 5.74) is 6.19. The van der Waals surface area contributed by atoms with Crippen LogP contribution in [0.3, 0.4) is 0 Å². The number of hydrogen-bond donors (Lipinski definition) is 2. The lowest BCUT2D eigenvalue weighted by Gasteiger charge is -2.21. The van der Waals surface area contributed by atoms with Crippen molar-refractivity contribution in [3.63, 3.8) is 0 Å². The third-order valence-electron chi connectivity index (χ3n) is 5.07. The third-order valence-corrected chi connectivity index (χ3v) is 5.07. The van der Waals surface area contributed by atoms with E-state index in [1.807, 2.05) is 18.3 Å². The summed E-state index contributed by atoms with van der Waals surface area (Å²) in [6.45, 7) is 0. The van der Waals surface area contributed by atoms with Gasteiger partial charge < -0.3 is 9.97 Å². The minimum absolute atomic E-state index is 0.0696. The van der Waals surface area contributed by atoms with Crippen LogP contribution in [0.2, 0.25) is 0 Å². The Labute approximate surface area is 138 Å². The third kappa shape index (κ3) is 1.86. The predicted molar refractivity (Wildman–Crippen MR) is 96.3 cm³/mol. The summed E-state index contributed by atoms with van der Waals surface area (Å²) in [6, 6.07) is 10.00. The highest BCUT2D eigenvalue weighted by atomic mass is 16.1. The lowest BCUT2D eigenvalue weighted by atomic mass is 9.85. The molecule has 118 valence electrons. The van der Waals surface area contributed by atoms with Crippen LogP contribution in [0.4, 0.5) is 0 Å². The van der Waals surface area contributed by atoms with Gasteiger partial charge in [0.1, 0.15) is 0 Å². The first-order valence-corrected chi connectivity index (χ1v) is 8.42. The number of aromatic amines is 2. The first kappa shape index (κ1) is 13.5. The largest absolute Gasteiger partial charge is 0.361 e. The zero-order chi connectivity index (χ0) is 16.1. The Morgan fingerprint density at radius 3 is 2.67 bits per heavy atom. The highest BCUT2D eigenvalue weighted by Gasteiger charge is 2.21. The molecule has 4 aromatic rings. The van der Waals surface area contributed by atoms with Gasteiger partial charge in [0.25, 0.3) is 5.56 Å². The van der Waals surface area contributed by atoms with Crippen molar-refractivity contribution >= 4 is 21.8 Å². The van der Waals surface area contributed by atoms with E-state index in [1.165, 1.54) is 28.3 Å². The van der Waals surface area contributed by atoms with E-state index < -0.39 is 0 Å². The van der Waals surface area contributed by atoms with Crippen molar-refractivity contribution in [3.8, 4) is 11.3 Å². The minimum Gasteiger partial charge on any atom is -0.361 e. The van der Waals surface area contributed by atoms with Gasteiger partial charge in [-0.2, -0.15) is 0 Å². The monoisotopic (exact) mass is 315 g/mol. The molecule has 3 heterocycles. The zero-order valence-corrected chi connectivity index (χ0v) is 13.2. The Morgan fingerprint density at radius 2 is 1.79 bits per heavy atom. The van der Waals surface area contributed by atoms with E-state index in [0.29, 0.717) is 5.56 Å². The molecular weight excluding hydrogens is 298 g/mol. The number of rotatable bonds is 1. The average molecular weight is 315 g/mol. The predicted octanol–water partition coefficient (Wildman–Crippen LogP) is 3.95. The van der Waals surface area contributed by atoms with Crippen LogP contribution in [0.5, 0.6) is 0 Å². The summed E-state index contributed by atoms with van der Waals surface area (Å²) < 4.78 is 0. The fourth-order valence-corrected chi connectivity index (χ4v) is 3.99. The standard InChI is InChI=1S/C20H17N3O/c24-20-15(6-3-10-22-20)19-13-5-2-1-4-12(13)18-14-9-11-21-16(14)7-8-17(18)23-19/h3,6-11,21H,1-2,4-5H2,(H,22,24). The van der Waals surface area contributed by atoms with Crippen LogP contribution in [0, 0.1) is 0 Å². The van der Waals surface area contributed by atoms with Crippen molar-refractivity contribution in [1.29, 1.82) is 0 Å². The molecule has 0 aliphatic heterocycles. The number of fused-ring (bicyclic) bond motifs is 5. The van der Waals surface area contributed by atoms with E-state index in [1.54, 1.807) is 6.20 Å². The maximum atomic E-state index is 12.3. The van der Waals surface area contributed by atoms with Gasteiger partial charge in [-0.05, 0) is 67.1 Å². The van der Waals surface area contributed by atoms with Crippen LogP contribution in [0.1, 0.15) is 24.0 Å². The first-order chi connectivity index (χ1) is 11.8. The van der Waals surface area contributed by atoms with Crippen molar-refractivity contribution in [1.82, 2.24) is 15.0 Å². The maximum Gasteiger partial charge on any atom is 0.257 e. The van der Waals surface area contributed by atoms with E-state index in [2.05, 4.69) is 28.2 Å². The molecule has 4 heteroatoms. The van der Waals surface area contributed by atoms with E-state index in [9.17, 15) is 4.79 Å². The van der Waals surface area contributed by atoms with E-state index in [4.69, 9.17) is 4.98 Å². The SMILES string of the molecule is O=c1[nH]cccc1-c1nc2ccc3[nH]ccc3c2c2c1CCCC2. The second-order valence-corrected chi connectivity index (χ2v) is 6.44. The van der Waals surface area contributed by atoms with Gasteiger partial charge in [0, 0.05) is 28.7 Å². The van der Waals surface area contributed by atoms with Gasteiger partial charge in [0.05, 0.1) is 16.8 Å². The van der Waals surface area contributed by atoms with Crippen LogP contribution in [-0.2, 0) is 12.8 Å². The molecule has 0 atom stereocenters. The fourth-order valence-electron chi connectivity index (χ4n) is 3.99. The molecule has 1 aromatic carbocycles. The lowest BCUT2D eigenvalue weighted by Crippen LogP contribution is -2.13. The van der Waals surface area contributed by atoms with Crippen molar-refractivity contribution in [2.75, 3.05) is 0 Å². The number of aromatic nitrogens is 3. The van der Waals surface area contributed by atoms with E-state index in [0.717, 1.165) is 36.0 Å². The molecule has 0 radical (unpaired) electrons. The topological polar surface area (TPSA) is 61.5 Å². The first-order valence-electron chi connectivity index (χ1n) is 8.42. The van der Waals surface area contributed by atoms with Crippen LogP contribution in [-0.4, -0.2) is 15.0 Å². The van der Waals surface area contributed by atoms with Crippen molar-refractivity contribution in [3.05, 3.63) is 64.2 Å². The number of nitrogens with zero attached hydrogens (tertiary/aromatic N) is 1. The quantitative estimate of drug-likeness (QED) is 0.558. The summed E-state index contributed by atoms with van der Waals surface area (Å²) in [5, 5.41) is 2.48. The van der Waals surface area contributed by atoms with Crippen molar-refractivity contribution in [2.45, 2.75) is 25.7 Å². The summed E-state index contributed by atoms with van der Waals surface area (Å²) in [4.78, 5) is 23.3. The Bertz CT molecular complexity index is 1140. The lowest BCUT2D eigenvalue weighted by molar-refractivity contribution is 0.689. The number of benzene rings is 1. The Morgan fingerprint density at radius 1 is 0.917 bits per heavy atom. The normalized spacial score (nSPS) is 14.2. The van der Waals surface area contributed by atoms with Gasteiger partial charge in [0.15, 0.2) is 0 Å². The van der Waals surface area contributed by atoms with Gasteiger partial charge in [0.2, 0.25) is 0 Å². The highest BCUT2D eigenvalue weighted by molar-refractivity contribution is 6.08. The van der Waals surface area contributed by atoms with E-state index >= 15 is 0 Å². The number of H-pyrrole nitrogens is 2. The van der Waals surface area contributed by atoms with Crippen LogP contribution in [0.15, 0.2) is 47.5 Å². The fraction of sp³-hybridized carbons (Fsp3) is 0.200. The zero-order valence-electron chi connectivity index (χ0n) is 13.2. The van der Waals surface area contributed by atoms with Crippen molar-refractivity contribution in [2.24, 2.45) is 0 Å². The van der Waals surface area contributed by atoms with Crippen molar-refractivity contribution < 1.29 is 0 Å². The number of hydrogen-bond acceptors (Lipinski definition) is 2. The Balaban J connectivity index is 1.95. The smallest absolute Gasteiger partial charge is 0.257 e. The molecule has 5 rings (SSSR count). The molecule has 0 saturated carbocycles. The molecule has 3 aromatic heterocycles. The summed E-state index contributed by atoms with van der Waals surface area (Å²) in [7, 11) is 0. The molecule has 1 aliphatic rings. The van der Waals surface area contributed by atoms with Crippen LogP contribution < -0.4 is 5.56 Å². The summed E-state index contributed by atoms with van der Waals surface area (Å²) in [6.07, 6.45) is 8.04.